The molecule has 1 spiro atoms. The Hall–Kier alpha value is -0.580. The van der Waals surface area contributed by atoms with E-state index in [1.165, 1.54) is 0 Å². The number of hydrogen-bond donors (Lipinski definition) is 1. The van der Waals surface area contributed by atoms with Crippen LogP contribution in [0.2, 0.25) is 0 Å². The molecule has 0 saturated carbocycles. The summed E-state index contributed by atoms with van der Waals surface area (Å²) in [4.78, 5) is 0. The molecule has 1 aromatic rings. The minimum Gasteiger partial charge on any atom is -0.487 e. The quantitative estimate of drug-likeness (QED) is 0.842. The second-order valence-corrected chi connectivity index (χ2v) is 7.27. The summed E-state index contributed by atoms with van der Waals surface area (Å²) in [7, 11) is 0. The van der Waals surface area contributed by atoms with Crippen LogP contribution in [0.3, 0.4) is 0 Å². The van der Waals surface area contributed by atoms with E-state index in [0.29, 0.717) is 0 Å². The van der Waals surface area contributed by atoms with Crippen molar-refractivity contribution < 1.29 is 9.47 Å². The lowest BCUT2D eigenvalue weighted by atomic mass is 9.75. The van der Waals surface area contributed by atoms with E-state index >= 15 is 0 Å². The third-order valence-corrected chi connectivity index (χ3v) is 5.24. The molecule has 20 heavy (non-hydrogen) atoms. The molecule has 0 aromatic heterocycles. The summed E-state index contributed by atoms with van der Waals surface area (Å²) in [5.41, 5.74) is 7.24. The Kier molecular flexibility index (Phi) is 3.59. The Morgan fingerprint density at radius 2 is 2.25 bits per heavy atom. The predicted molar refractivity (Wildman–Crippen MR) is 82.9 cm³/mol. The SMILES string of the molecule is CCC1(C)CC2(CCO1)CC(N)c1ccc(Br)cc1O2. The topological polar surface area (TPSA) is 44.5 Å². The van der Waals surface area contributed by atoms with Gasteiger partial charge in [0.15, 0.2) is 0 Å². The van der Waals surface area contributed by atoms with Gasteiger partial charge >= 0.3 is 0 Å². The summed E-state index contributed by atoms with van der Waals surface area (Å²) in [5.74, 6) is 0.929. The number of nitrogens with two attached hydrogens (primary N) is 1. The molecule has 2 aliphatic heterocycles. The summed E-state index contributed by atoms with van der Waals surface area (Å²) in [5, 5.41) is 0. The number of benzene rings is 1. The number of hydrogen-bond acceptors (Lipinski definition) is 3. The Morgan fingerprint density at radius 1 is 1.45 bits per heavy atom. The minimum atomic E-state index is -0.170. The van der Waals surface area contributed by atoms with E-state index in [2.05, 4.69) is 35.8 Å². The van der Waals surface area contributed by atoms with Crippen molar-refractivity contribution in [3.8, 4) is 5.75 Å². The molecule has 3 nitrogen and oxygen atoms in total. The first-order valence-electron chi connectivity index (χ1n) is 7.33. The zero-order chi connectivity index (χ0) is 14.4. The molecule has 1 fully saturated rings. The van der Waals surface area contributed by atoms with E-state index in [-0.39, 0.29) is 17.2 Å². The van der Waals surface area contributed by atoms with Crippen LogP contribution in [0, 0.1) is 0 Å². The van der Waals surface area contributed by atoms with Gasteiger partial charge in [0, 0.05) is 35.3 Å². The highest BCUT2D eigenvalue weighted by molar-refractivity contribution is 9.10. The summed E-state index contributed by atoms with van der Waals surface area (Å²) in [6.45, 7) is 5.10. The van der Waals surface area contributed by atoms with Crippen molar-refractivity contribution in [2.24, 2.45) is 5.73 Å². The summed E-state index contributed by atoms with van der Waals surface area (Å²) < 4.78 is 13.4. The van der Waals surface area contributed by atoms with Crippen LogP contribution < -0.4 is 10.5 Å². The monoisotopic (exact) mass is 339 g/mol. The van der Waals surface area contributed by atoms with Crippen LogP contribution >= 0.6 is 15.9 Å². The molecule has 3 atom stereocenters. The van der Waals surface area contributed by atoms with Crippen molar-refractivity contribution in [2.45, 2.75) is 56.8 Å². The molecule has 110 valence electrons. The molecule has 2 N–H and O–H groups in total. The highest BCUT2D eigenvalue weighted by atomic mass is 79.9. The molecule has 0 radical (unpaired) electrons. The lowest BCUT2D eigenvalue weighted by molar-refractivity contribution is -0.151. The molecule has 0 bridgehead atoms. The molecule has 3 unspecified atom stereocenters. The van der Waals surface area contributed by atoms with Crippen LogP contribution in [0.15, 0.2) is 22.7 Å². The minimum absolute atomic E-state index is 0.0473. The molecular formula is C16H22BrNO2. The van der Waals surface area contributed by atoms with Crippen molar-refractivity contribution in [3.05, 3.63) is 28.2 Å². The van der Waals surface area contributed by atoms with Crippen LogP contribution in [-0.4, -0.2) is 17.8 Å². The summed E-state index contributed by atoms with van der Waals surface area (Å²) in [6.07, 6.45) is 3.71. The van der Waals surface area contributed by atoms with E-state index in [9.17, 15) is 0 Å². The van der Waals surface area contributed by atoms with Gasteiger partial charge in [0.25, 0.3) is 0 Å². The Labute approximate surface area is 129 Å². The molecule has 1 saturated heterocycles. The van der Waals surface area contributed by atoms with Gasteiger partial charge in [-0.15, -0.1) is 0 Å². The molecule has 1 aromatic carbocycles. The van der Waals surface area contributed by atoms with Gasteiger partial charge in [0.2, 0.25) is 0 Å². The van der Waals surface area contributed by atoms with Crippen molar-refractivity contribution in [1.82, 2.24) is 0 Å². The maximum atomic E-state index is 6.42. The first-order valence-corrected chi connectivity index (χ1v) is 8.13. The van der Waals surface area contributed by atoms with Crippen LogP contribution in [0.25, 0.3) is 0 Å². The second-order valence-electron chi connectivity index (χ2n) is 6.36. The highest BCUT2D eigenvalue weighted by Gasteiger charge is 2.47. The van der Waals surface area contributed by atoms with E-state index in [1.54, 1.807) is 0 Å². The van der Waals surface area contributed by atoms with Crippen LogP contribution in [0.5, 0.6) is 5.75 Å². The van der Waals surface area contributed by atoms with Gasteiger partial charge in [0.05, 0.1) is 12.2 Å². The highest BCUT2D eigenvalue weighted by Crippen LogP contribution is 2.47. The zero-order valence-corrected chi connectivity index (χ0v) is 13.7. The van der Waals surface area contributed by atoms with Gasteiger partial charge in [-0.3, -0.25) is 0 Å². The fourth-order valence-corrected chi connectivity index (χ4v) is 3.82. The summed E-state index contributed by atoms with van der Waals surface area (Å²) >= 11 is 3.51. The molecule has 2 heterocycles. The molecule has 4 heteroatoms. The Balaban J connectivity index is 1.93. The average Bonchev–Trinajstić information content (AvgIpc) is 2.37. The third kappa shape index (κ3) is 2.49. The number of ether oxygens (including phenoxy) is 2. The molecule has 2 aliphatic rings. The van der Waals surface area contributed by atoms with Crippen molar-refractivity contribution in [1.29, 1.82) is 0 Å². The number of halogens is 1. The maximum absolute atomic E-state index is 6.42. The molecule has 3 rings (SSSR count). The van der Waals surface area contributed by atoms with E-state index in [4.69, 9.17) is 15.2 Å². The number of fused-ring (bicyclic) bond motifs is 1. The van der Waals surface area contributed by atoms with Gasteiger partial charge in [-0.2, -0.15) is 0 Å². The van der Waals surface area contributed by atoms with Gasteiger partial charge in [-0.25, -0.2) is 0 Å². The first-order chi connectivity index (χ1) is 9.45. The van der Waals surface area contributed by atoms with E-state index in [0.717, 1.165) is 48.1 Å². The average molecular weight is 340 g/mol. The molecular weight excluding hydrogens is 318 g/mol. The first kappa shape index (κ1) is 14.4. The Bertz CT molecular complexity index is 521. The largest absolute Gasteiger partial charge is 0.487 e. The van der Waals surface area contributed by atoms with Crippen molar-refractivity contribution in [2.75, 3.05) is 6.61 Å². The van der Waals surface area contributed by atoms with Crippen LogP contribution in [-0.2, 0) is 4.74 Å². The van der Waals surface area contributed by atoms with Gasteiger partial charge in [0.1, 0.15) is 11.4 Å². The third-order valence-electron chi connectivity index (χ3n) is 4.75. The van der Waals surface area contributed by atoms with Crippen LogP contribution in [0.4, 0.5) is 0 Å². The summed E-state index contributed by atoms with van der Waals surface area (Å²) in [6, 6.07) is 6.18. The fraction of sp³-hybridized carbons (Fsp3) is 0.625. The molecule has 0 amide bonds. The van der Waals surface area contributed by atoms with Gasteiger partial charge in [-0.1, -0.05) is 28.9 Å². The fourth-order valence-electron chi connectivity index (χ4n) is 3.48. The normalized spacial score (nSPS) is 36.5. The zero-order valence-electron chi connectivity index (χ0n) is 12.1. The van der Waals surface area contributed by atoms with Gasteiger partial charge in [-0.05, 0) is 25.5 Å². The van der Waals surface area contributed by atoms with Crippen LogP contribution in [0.1, 0.15) is 51.1 Å². The van der Waals surface area contributed by atoms with Crippen molar-refractivity contribution in [3.63, 3.8) is 0 Å². The molecule has 0 aliphatic carbocycles. The van der Waals surface area contributed by atoms with E-state index in [1.807, 2.05) is 12.1 Å². The lowest BCUT2D eigenvalue weighted by Crippen LogP contribution is -2.53. The maximum Gasteiger partial charge on any atom is 0.126 e. The second kappa shape index (κ2) is 5.00. The predicted octanol–water partition coefficient (Wildman–Crippen LogP) is 3.95. The van der Waals surface area contributed by atoms with E-state index < -0.39 is 0 Å². The number of rotatable bonds is 1. The van der Waals surface area contributed by atoms with Gasteiger partial charge < -0.3 is 15.2 Å². The van der Waals surface area contributed by atoms with Crippen molar-refractivity contribution >= 4 is 15.9 Å². The Morgan fingerprint density at radius 3 is 3.00 bits per heavy atom. The smallest absolute Gasteiger partial charge is 0.126 e. The standard InChI is InChI=1S/C16H22BrNO2/c1-3-15(2)10-16(6-7-19-15)9-13(18)12-5-4-11(17)8-14(12)20-16/h4-5,8,13H,3,6-7,9-10,18H2,1-2H3. The lowest BCUT2D eigenvalue weighted by Gasteiger charge is -2.49.